The second-order valence-corrected chi connectivity index (χ2v) is 7.79. The Balaban J connectivity index is 4.85. The molecule has 2 unspecified atom stereocenters. The van der Waals surface area contributed by atoms with Crippen LogP contribution in [0.5, 0.6) is 0 Å². The Morgan fingerprint density at radius 1 is 0.750 bits per heavy atom. The maximum Gasteiger partial charge on any atom is 0.349 e. The Bertz CT molecular complexity index is 308. The SMILES string of the molecule is CCCCC(CC)CN(C)C(N(C)CC(CC)CCCC)=[N+](C)C. The molecule has 2 atom stereocenters. The largest absolute Gasteiger partial charge is 0.349 e. The van der Waals surface area contributed by atoms with E-state index in [9.17, 15) is 0 Å². The van der Waals surface area contributed by atoms with Gasteiger partial charge in [-0.3, -0.25) is 14.4 Å². The van der Waals surface area contributed by atoms with Crippen molar-refractivity contribution in [2.45, 2.75) is 79.1 Å². The Labute approximate surface area is 153 Å². The highest BCUT2D eigenvalue weighted by Gasteiger charge is 2.25. The molecular formula is C21H46N3+. The molecule has 0 saturated carbocycles. The third-order valence-corrected chi connectivity index (χ3v) is 5.23. The molecule has 144 valence electrons. The third-order valence-electron chi connectivity index (χ3n) is 5.23. The monoisotopic (exact) mass is 340 g/mol. The summed E-state index contributed by atoms with van der Waals surface area (Å²) in [5.41, 5.74) is 0. The highest BCUT2D eigenvalue weighted by Crippen LogP contribution is 2.17. The first-order chi connectivity index (χ1) is 11.4. The van der Waals surface area contributed by atoms with Gasteiger partial charge in [-0.25, -0.2) is 0 Å². The first-order valence-electron chi connectivity index (χ1n) is 10.4. The zero-order valence-electron chi connectivity index (χ0n) is 18.1. The second kappa shape index (κ2) is 13.5. The van der Waals surface area contributed by atoms with E-state index in [-0.39, 0.29) is 0 Å². The fourth-order valence-electron chi connectivity index (χ4n) is 3.75. The molecule has 0 aliphatic rings. The maximum absolute atomic E-state index is 2.48. The number of rotatable bonds is 12. The van der Waals surface area contributed by atoms with Gasteiger partial charge in [0.05, 0.1) is 41.3 Å². The summed E-state index contributed by atoms with van der Waals surface area (Å²) in [6.45, 7) is 11.6. The predicted molar refractivity (Wildman–Crippen MR) is 109 cm³/mol. The van der Waals surface area contributed by atoms with Gasteiger partial charge in [-0.05, 0) is 24.7 Å². The molecule has 0 aliphatic carbocycles. The lowest BCUT2D eigenvalue weighted by Crippen LogP contribution is -2.48. The van der Waals surface area contributed by atoms with Gasteiger partial charge in [0.2, 0.25) is 0 Å². The zero-order chi connectivity index (χ0) is 18.5. The first kappa shape index (κ1) is 23.3. The van der Waals surface area contributed by atoms with Gasteiger partial charge in [0.25, 0.3) is 0 Å². The van der Waals surface area contributed by atoms with E-state index in [1.54, 1.807) is 0 Å². The molecule has 0 bridgehead atoms. The van der Waals surface area contributed by atoms with Crippen molar-refractivity contribution in [3.63, 3.8) is 0 Å². The number of unbranched alkanes of at least 4 members (excludes halogenated alkanes) is 2. The van der Waals surface area contributed by atoms with Crippen LogP contribution in [0.15, 0.2) is 0 Å². The molecule has 0 aromatic carbocycles. The molecular weight excluding hydrogens is 294 g/mol. The molecule has 0 aromatic heterocycles. The van der Waals surface area contributed by atoms with E-state index in [4.69, 9.17) is 0 Å². The minimum atomic E-state index is 0.806. The molecule has 3 heteroatoms. The fraction of sp³-hybridized carbons (Fsp3) is 0.952. The molecule has 0 N–H and O–H groups in total. The summed E-state index contributed by atoms with van der Waals surface area (Å²) in [6.07, 6.45) is 10.6. The topological polar surface area (TPSA) is 9.49 Å². The van der Waals surface area contributed by atoms with Crippen LogP contribution in [-0.2, 0) is 0 Å². The molecule has 0 saturated heterocycles. The summed E-state index contributed by atoms with van der Waals surface area (Å²) in [5.74, 6) is 2.97. The Kier molecular flexibility index (Phi) is 13.1. The van der Waals surface area contributed by atoms with Crippen LogP contribution in [-0.4, -0.2) is 61.6 Å². The summed E-state index contributed by atoms with van der Waals surface area (Å²) in [6, 6.07) is 0. The van der Waals surface area contributed by atoms with Gasteiger partial charge in [0.1, 0.15) is 0 Å². The molecule has 0 spiro atoms. The summed E-state index contributed by atoms with van der Waals surface area (Å²) in [7, 11) is 8.91. The minimum absolute atomic E-state index is 0.806. The lowest BCUT2D eigenvalue weighted by atomic mass is 9.98. The summed E-state index contributed by atoms with van der Waals surface area (Å²) in [5, 5.41) is 0. The minimum Gasteiger partial charge on any atom is -0.270 e. The maximum atomic E-state index is 2.48. The van der Waals surface area contributed by atoms with Crippen LogP contribution in [0.4, 0.5) is 0 Å². The van der Waals surface area contributed by atoms with Crippen molar-refractivity contribution in [2.75, 3.05) is 41.3 Å². The number of guanidine groups is 1. The third kappa shape index (κ3) is 8.94. The smallest absolute Gasteiger partial charge is 0.270 e. The number of nitrogens with zero attached hydrogens (tertiary/aromatic N) is 3. The van der Waals surface area contributed by atoms with Crippen LogP contribution >= 0.6 is 0 Å². The van der Waals surface area contributed by atoms with E-state index >= 15 is 0 Å². The van der Waals surface area contributed by atoms with Crippen molar-refractivity contribution in [3.05, 3.63) is 0 Å². The highest BCUT2D eigenvalue weighted by molar-refractivity contribution is 5.74. The predicted octanol–water partition coefficient (Wildman–Crippen LogP) is 4.91. The average molecular weight is 341 g/mol. The molecule has 0 radical (unpaired) electrons. The van der Waals surface area contributed by atoms with E-state index in [2.05, 4.69) is 70.3 Å². The van der Waals surface area contributed by atoms with E-state index in [0.717, 1.165) is 11.8 Å². The molecule has 0 amide bonds. The molecule has 24 heavy (non-hydrogen) atoms. The Hall–Kier alpha value is -0.730. The molecule has 0 aliphatic heterocycles. The summed E-state index contributed by atoms with van der Waals surface area (Å²) >= 11 is 0. The zero-order valence-corrected chi connectivity index (χ0v) is 18.1. The van der Waals surface area contributed by atoms with E-state index < -0.39 is 0 Å². The van der Waals surface area contributed by atoms with Crippen molar-refractivity contribution in [1.82, 2.24) is 9.80 Å². The van der Waals surface area contributed by atoms with Crippen molar-refractivity contribution < 1.29 is 4.58 Å². The van der Waals surface area contributed by atoms with Crippen molar-refractivity contribution in [1.29, 1.82) is 0 Å². The van der Waals surface area contributed by atoms with Gasteiger partial charge < -0.3 is 0 Å². The molecule has 0 aromatic rings. The van der Waals surface area contributed by atoms with Gasteiger partial charge in [0.15, 0.2) is 0 Å². The number of hydrogen-bond acceptors (Lipinski definition) is 0. The second-order valence-electron chi connectivity index (χ2n) is 7.79. The van der Waals surface area contributed by atoms with Gasteiger partial charge in [-0.1, -0.05) is 66.2 Å². The molecule has 0 rings (SSSR count). The van der Waals surface area contributed by atoms with Gasteiger partial charge in [-0.2, -0.15) is 0 Å². The normalized spacial score (nSPS) is 13.5. The highest BCUT2D eigenvalue weighted by atomic mass is 15.4. The van der Waals surface area contributed by atoms with Gasteiger partial charge >= 0.3 is 5.96 Å². The first-order valence-corrected chi connectivity index (χ1v) is 10.4. The average Bonchev–Trinajstić information content (AvgIpc) is 2.54. The van der Waals surface area contributed by atoms with Gasteiger partial charge in [0, 0.05) is 0 Å². The summed E-state index contributed by atoms with van der Waals surface area (Å²) in [4.78, 5) is 4.97. The van der Waals surface area contributed by atoms with Crippen molar-refractivity contribution in [3.8, 4) is 0 Å². The van der Waals surface area contributed by atoms with Crippen LogP contribution in [0.3, 0.4) is 0 Å². The molecule has 3 nitrogen and oxygen atoms in total. The van der Waals surface area contributed by atoms with Crippen molar-refractivity contribution >= 4 is 5.96 Å². The lowest BCUT2D eigenvalue weighted by Gasteiger charge is -2.29. The van der Waals surface area contributed by atoms with Gasteiger partial charge in [-0.15, -0.1) is 0 Å². The summed E-state index contributed by atoms with van der Waals surface area (Å²) < 4.78 is 2.29. The van der Waals surface area contributed by atoms with Crippen LogP contribution in [0.1, 0.15) is 79.1 Å². The van der Waals surface area contributed by atoms with E-state index in [0.29, 0.717) is 0 Å². The molecule has 0 heterocycles. The molecule has 0 fully saturated rings. The lowest BCUT2D eigenvalue weighted by molar-refractivity contribution is -0.476. The fourth-order valence-corrected chi connectivity index (χ4v) is 3.75. The van der Waals surface area contributed by atoms with Crippen molar-refractivity contribution in [2.24, 2.45) is 11.8 Å². The Morgan fingerprint density at radius 2 is 1.12 bits per heavy atom. The van der Waals surface area contributed by atoms with Crippen LogP contribution in [0, 0.1) is 11.8 Å². The van der Waals surface area contributed by atoms with E-state index in [1.807, 2.05) is 0 Å². The van der Waals surface area contributed by atoms with E-state index in [1.165, 1.54) is 70.4 Å². The quantitative estimate of drug-likeness (QED) is 0.284. The number of hydrogen-bond donors (Lipinski definition) is 0. The van der Waals surface area contributed by atoms with Crippen LogP contribution in [0.2, 0.25) is 0 Å². The van der Waals surface area contributed by atoms with Crippen LogP contribution in [0.25, 0.3) is 0 Å². The standard InChI is InChI=1S/C21H46N3/c1-9-13-15-19(11-3)17-23(7)21(22(5)6)24(8)18-20(12-4)16-14-10-2/h19-20H,9-18H2,1-8H3/q+1. The Morgan fingerprint density at radius 3 is 1.38 bits per heavy atom. The van der Waals surface area contributed by atoms with Crippen LogP contribution < -0.4 is 0 Å².